The Labute approximate surface area is 163 Å². The Morgan fingerprint density at radius 3 is 2.50 bits per heavy atom. The standard InChI is InChI=1S/C23H21N3O2/c1-28-20-12-11-18(16-5-3-2-4-6-16)22-19(20)13-21(25-22)26-23(27)17-9-7-15(14-24)8-10-17/h2-12H,13-14,24H2,1H3,(H,25,26,27). The normalized spacial score (nSPS) is 12.3. The molecule has 5 nitrogen and oxygen atoms in total. The number of methoxy groups -OCH3 is 1. The zero-order valence-corrected chi connectivity index (χ0v) is 15.6. The number of benzene rings is 3. The Balaban J connectivity index is 1.63. The van der Waals surface area contributed by atoms with Crippen LogP contribution in [0.25, 0.3) is 11.1 Å². The van der Waals surface area contributed by atoms with Gasteiger partial charge in [-0.15, -0.1) is 0 Å². The van der Waals surface area contributed by atoms with Gasteiger partial charge in [-0.3, -0.25) is 4.79 Å². The van der Waals surface area contributed by atoms with Crippen LogP contribution in [0.5, 0.6) is 5.75 Å². The molecule has 28 heavy (non-hydrogen) atoms. The highest BCUT2D eigenvalue weighted by Crippen LogP contribution is 2.42. The number of carbonyl (C=O) groups excluding carboxylic acids is 1. The Morgan fingerprint density at radius 2 is 1.82 bits per heavy atom. The van der Waals surface area contributed by atoms with E-state index in [2.05, 4.69) is 5.32 Å². The third-order valence-corrected chi connectivity index (χ3v) is 4.85. The van der Waals surface area contributed by atoms with Gasteiger partial charge < -0.3 is 15.8 Å². The number of rotatable bonds is 4. The molecule has 1 aliphatic rings. The molecule has 0 bridgehead atoms. The molecule has 0 atom stereocenters. The van der Waals surface area contributed by atoms with Crippen LogP contribution in [0.3, 0.4) is 0 Å². The first-order valence-electron chi connectivity index (χ1n) is 9.13. The number of hydrogen-bond acceptors (Lipinski definition) is 4. The summed E-state index contributed by atoms with van der Waals surface area (Å²) in [6.45, 7) is 0.450. The molecule has 0 fully saturated rings. The summed E-state index contributed by atoms with van der Waals surface area (Å²) in [5.74, 6) is 1.20. The van der Waals surface area contributed by atoms with Gasteiger partial charge in [0.25, 0.3) is 5.91 Å². The molecular formula is C23H21N3O2. The number of ether oxygens (including phenoxy) is 1. The topological polar surface area (TPSA) is 76.7 Å². The summed E-state index contributed by atoms with van der Waals surface area (Å²) in [6.07, 6.45) is 0.520. The van der Waals surface area contributed by atoms with Gasteiger partial charge in [0.05, 0.1) is 12.8 Å². The molecule has 4 rings (SSSR count). The van der Waals surface area contributed by atoms with Gasteiger partial charge in [-0.1, -0.05) is 42.5 Å². The zero-order valence-electron chi connectivity index (χ0n) is 15.6. The van der Waals surface area contributed by atoms with E-state index in [4.69, 9.17) is 15.5 Å². The molecule has 0 radical (unpaired) electrons. The summed E-state index contributed by atoms with van der Waals surface area (Å²) in [7, 11) is 1.65. The van der Waals surface area contributed by atoms with Crippen molar-refractivity contribution in [2.24, 2.45) is 10.7 Å². The molecule has 0 aliphatic carbocycles. The fourth-order valence-electron chi connectivity index (χ4n) is 3.37. The quantitative estimate of drug-likeness (QED) is 0.732. The number of nitrogens with one attached hydrogen (secondary N) is 1. The molecule has 3 aromatic rings. The van der Waals surface area contributed by atoms with Crippen LogP contribution in [0.2, 0.25) is 0 Å². The lowest BCUT2D eigenvalue weighted by Crippen LogP contribution is -2.30. The van der Waals surface area contributed by atoms with Gasteiger partial charge >= 0.3 is 0 Å². The van der Waals surface area contributed by atoms with Gasteiger partial charge in [0.1, 0.15) is 11.6 Å². The molecular weight excluding hydrogens is 350 g/mol. The monoisotopic (exact) mass is 371 g/mol. The molecule has 0 aromatic heterocycles. The summed E-state index contributed by atoms with van der Waals surface area (Å²) in [5, 5.41) is 2.93. The number of nitrogens with zero attached hydrogens (tertiary/aromatic N) is 1. The Bertz CT molecular complexity index is 1040. The van der Waals surface area contributed by atoms with Crippen molar-refractivity contribution in [2.75, 3.05) is 7.11 Å². The van der Waals surface area contributed by atoms with Crippen LogP contribution in [0.4, 0.5) is 5.69 Å². The van der Waals surface area contributed by atoms with Crippen LogP contribution in [0, 0.1) is 0 Å². The van der Waals surface area contributed by atoms with E-state index in [0.29, 0.717) is 24.4 Å². The lowest BCUT2D eigenvalue weighted by Gasteiger charge is -2.10. The second-order valence-corrected chi connectivity index (χ2v) is 6.60. The molecule has 1 aliphatic heterocycles. The second-order valence-electron chi connectivity index (χ2n) is 6.60. The fraction of sp³-hybridized carbons (Fsp3) is 0.130. The van der Waals surface area contributed by atoms with Gasteiger partial charge in [-0.25, -0.2) is 4.99 Å². The van der Waals surface area contributed by atoms with Crippen LogP contribution < -0.4 is 15.8 Å². The van der Waals surface area contributed by atoms with Crippen molar-refractivity contribution in [1.29, 1.82) is 0 Å². The number of nitrogens with two attached hydrogens (primary N) is 1. The lowest BCUT2D eigenvalue weighted by atomic mass is 9.99. The smallest absolute Gasteiger partial charge is 0.256 e. The van der Waals surface area contributed by atoms with Crippen molar-refractivity contribution in [3.05, 3.63) is 83.4 Å². The van der Waals surface area contributed by atoms with Crippen LogP contribution in [-0.2, 0) is 13.0 Å². The second kappa shape index (κ2) is 7.66. The summed E-state index contributed by atoms with van der Waals surface area (Å²) in [6, 6.07) is 21.3. The average Bonchev–Trinajstić information content (AvgIpc) is 3.17. The fourth-order valence-corrected chi connectivity index (χ4v) is 3.37. The molecule has 1 heterocycles. The van der Waals surface area contributed by atoms with Gasteiger partial charge in [-0.2, -0.15) is 0 Å². The van der Waals surface area contributed by atoms with Gasteiger partial charge in [0.15, 0.2) is 0 Å². The van der Waals surface area contributed by atoms with Crippen LogP contribution >= 0.6 is 0 Å². The van der Waals surface area contributed by atoms with E-state index in [1.54, 1.807) is 19.2 Å². The number of amides is 1. The highest BCUT2D eigenvalue weighted by atomic mass is 16.5. The predicted molar refractivity (Wildman–Crippen MR) is 111 cm³/mol. The van der Waals surface area contributed by atoms with Crippen molar-refractivity contribution in [1.82, 2.24) is 5.32 Å². The summed E-state index contributed by atoms with van der Waals surface area (Å²) in [4.78, 5) is 17.3. The SMILES string of the molecule is COc1ccc(-c2ccccc2)c2c1CC(NC(=O)c1ccc(CN)cc1)=N2. The van der Waals surface area contributed by atoms with E-state index in [1.165, 1.54) is 0 Å². The predicted octanol–water partition coefficient (Wildman–Crippen LogP) is 3.84. The third kappa shape index (κ3) is 3.40. The average molecular weight is 371 g/mol. The van der Waals surface area contributed by atoms with E-state index in [0.717, 1.165) is 33.7 Å². The van der Waals surface area contributed by atoms with Gasteiger partial charge in [-0.05, 0) is 35.4 Å². The molecule has 5 heteroatoms. The summed E-state index contributed by atoms with van der Waals surface area (Å²) in [5.41, 5.74) is 11.1. The van der Waals surface area contributed by atoms with Crippen molar-refractivity contribution >= 4 is 17.4 Å². The Morgan fingerprint density at radius 1 is 1.07 bits per heavy atom. The minimum absolute atomic E-state index is 0.185. The van der Waals surface area contributed by atoms with E-state index < -0.39 is 0 Å². The highest BCUT2D eigenvalue weighted by molar-refractivity contribution is 6.10. The van der Waals surface area contributed by atoms with Crippen molar-refractivity contribution < 1.29 is 9.53 Å². The maximum Gasteiger partial charge on any atom is 0.256 e. The molecule has 0 saturated heterocycles. The molecule has 0 saturated carbocycles. The zero-order chi connectivity index (χ0) is 19.5. The van der Waals surface area contributed by atoms with Crippen LogP contribution in [0.1, 0.15) is 21.5 Å². The largest absolute Gasteiger partial charge is 0.496 e. The number of fused-ring (bicyclic) bond motifs is 1. The van der Waals surface area contributed by atoms with Gasteiger partial charge in [0.2, 0.25) is 0 Å². The number of aliphatic imine (C=N–C) groups is 1. The van der Waals surface area contributed by atoms with E-state index in [-0.39, 0.29) is 5.91 Å². The van der Waals surface area contributed by atoms with Crippen molar-refractivity contribution in [3.63, 3.8) is 0 Å². The number of carbonyl (C=O) groups is 1. The lowest BCUT2D eigenvalue weighted by molar-refractivity contribution is 0.0976. The first-order chi connectivity index (χ1) is 13.7. The third-order valence-electron chi connectivity index (χ3n) is 4.85. The number of hydrogen-bond donors (Lipinski definition) is 2. The van der Waals surface area contributed by atoms with Crippen molar-refractivity contribution in [2.45, 2.75) is 13.0 Å². The first-order valence-corrected chi connectivity index (χ1v) is 9.13. The molecule has 0 unspecified atom stereocenters. The highest BCUT2D eigenvalue weighted by Gasteiger charge is 2.24. The maximum atomic E-state index is 12.6. The Kier molecular flexibility index (Phi) is 4.91. The number of amidine groups is 1. The summed E-state index contributed by atoms with van der Waals surface area (Å²) < 4.78 is 5.51. The molecule has 3 aromatic carbocycles. The first kappa shape index (κ1) is 17.9. The van der Waals surface area contributed by atoms with Crippen molar-refractivity contribution in [3.8, 4) is 16.9 Å². The molecule has 3 N–H and O–H groups in total. The molecule has 1 amide bonds. The van der Waals surface area contributed by atoms with E-state index in [1.807, 2.05) is 54.6 Å². The minimum atomic E-state index is -0.185. The summed E-state index contributed by atoms with van der Waals surface area (Å²) >= 11 is 0. The van der Waals surface area contributed by atoms with Crippen LogP contribution in [0.15, 0.2) is 71.7 Å². The van der Waals surface area contributed by atoms with Crippen LogP contribution in [-0.4, -0.2) is 18.9 Å². The maximum absolute atomic E-state index is 12.6. The van der Waals surface area contributed by atoms with Gasteiger partial charge in [0, 0.05) is 29.7 Å². The molecule has 140 valence electrons. The van der Waals surface area contributed by atoms with E-state index in [9.17, 15) is 4.79 Å². The molecule has 0 spiro atoms. The minimum Gasteiger partial charge on any atom is -0.496 e. The Hall–Kier alpha value is -3.44. The van der Waals surface area contributed by atoms with E-state index >= 15 is 0 Å².